The molecule has 0 radical (unpaired) electrons. The van der Waals surface area contributed by atoms with Gasteiger partial charge in [0.05, 0.1) is 79.3 Å². The Morgan fingerprint density at radius 3 is 0.811 bits per heavy atom. The highest BCUT2D eigenvalue weighted by atomic mass is 32.2. The lowest BCUT2D eigenvalue weighted by Gasteiger charge is -2.52. The fourth-order valence-electron chi connectivity index (χ4n) is 13.3. The molecule has 0 saturated carbocycles. The van der Waals surface area contributed by atoms with Crippen LogP contribution in [-0.4, -0.2) is 117 Å². The number of rotatable bonds is 37. The van der Waals surface area contributed by atoms with Gasteiger partial charge in [-0.25, -0.2) is 0 Å². The van der Waals surface area contributed by atoms with Crippen molar-refractivity contribution in [3.8, 4) is 0 Å². The number of hydrogen-bond acceptors (Lipinski definition) is 17. The van der Waals surface area contributed by atoms with Gasteiger partial charge in [0.1, 0.15) is 72.6 Å². The quantitative estimate of drug-likeness (QED) is 0.0339. The van der Waals surface area contributed by atoms with E-state index < -0.39 is 97.2 Å². The van der Waals surface area contributed by atoms with Crippen molar-refractivity contribution < 1.29 is 75.8 Å². The Bertz CT molecular complexity index is 4080. The van der Waals surface area contributed by atoms with Crippen LogP contribution in [-0.2, 0) is 135 Å². The van der Waals surface area contributed by atoms with Crippen molar-refractivity contribution in [3.63, 3.8) is 0 Å². The molecule has 0 aromatic heterocycles. The average molecular weight is 1450 g/mol. The van der Waals surface area contributed by atoms with Crippen LogP contribution in [0.1, 0.15) is 57.0 Å². The van der Waals surface area contributed by atoms with Crippen molar-refractivity contribution in [1.29, 1.82) is 0 Å². The van der Waals surface area contributed by atoms with Crippen LogP contribution in [0.15, 0.2) is 308 Å². The van der Waals surface area contributed by atoms with Gasteiger partial charge >= 0.3 is 5.97 Å². The van der Waals surface area contributed by atoms with E-state index in [1.54, 1.807) is 0 Å². The highest BCUT2D eigenvalue weighted by molar-refractivity contribution is 7.99. The topological polar surface area (TPSA) is 156 Å². The Hall–Kier alpha value is -8.54. The predicted octanol–water partition coefficient (Wildman–Crippen LogP) is 15.8. The van der Waals surface area contributed by atoms with Gasteiger partial charge in [0, 0.05) is 11.8 Å². The first-order valence-corrected chi connectivity index (χ1v) is 37.2. The van der Waals surface area contributed by atoms with E-state index in [2.05, 4.69) is 0 Å². The van der Waals surface area contributed by atoms with Crippen LogP contribution in [0.5, 0.6) is 0 Å². The number of carbonyl (C=O) groups is 1. The van der Waals surface area contributed by atoms with Crippen molar-refractivity contribution in [1.82, 2.24) is 0 Å². The van der Waals surface area contributed by atoms with Gasteiger partial charge in [0.2, 0.25) is 0 Å². The Balaban J connectivity index is 0.960. The van der Waals surface area contributed by atoms with E-state index in [4.69, 9.17) is 71.1 Å². The molecule has 15 atom stereocenters. The first-order valence-electron chi connectivity index (χ1n) is 36.3. The molecule has 0 aliphatic carbocycles. The summed E-state index contributed by atoms with van der Waals surface area (Å²) in [7, 11) is 0. The normalized spacial score (nSPS) is 24.4. The largest absolute Gasteiger partial charge is 0.454 e. The zero-order valence-corrected chi connectivity index (χ0v) is 60.3. The van der Waals surface area contributed by atoms with Crippen LogP contribution in [0, 0.1) is 0 Å². The lowest BCUT2D eigenvalue weighted by molar-refractivity contribution is -0.391. The highest BCUT2D eigenvalue weighted by Gasteiger charge is 2.58. The van der Waals surface area contributed by atoms with Gasteiger partial charge in [-0.3, -0.25) is 4.79 Å². The molecule has 13 rings (SSSR count). The molecule has 17 heteroatoms. The number of carbonyl (C=O) groups excluding carboxylic acids is 1. The van der Waals surface area contributed by atoms with E-state index in [1.807, 2.05) is 303 Å². The Kier molecular flexibility index (Phi) is 28.9. The van der Waals surface area contributed by atoms with E-state index in [0.29, 0.717) is 6.61 Å². The molecule has 0 amide bonds. The number of ether oxygens (including phenoxy) is 15. The monoisotopic (exact) mass is 1450 g/mol. The summed E-state index contributed by atoms with van der Waals surface area (Å²) in [6.45, 7) is 3.07. The minimum atomic E-state index is -1.48. The fraction of sp³-hybridized carbons (Fsp3) is 0.315. The van der Waals surface area contributed by atoms with Gasteiger partial charge in [-0.15, -0.1) is 0 Å². The Morgan fingerprint density at radius 2 is 0.509 bits per heavy atom. The van der Waals surface area contributed by atoms with Crippen LogP contribution in [0.4, 0.5) is 0 Å². The van der Waals surface area contributed by atoms with Gasteiger partial charge in [-0.1, -0.05) is 303 Å². The van der Waals surface area contributed by atoms with Crippen molar-refractivity contribution in [2.24, 2.45) is 0 Å². The molecular formula is C89H92O16S. The first kappa shape index (κ1) is 75.7. The van der Waals surface area contributed by atoms with Gasteiger partial charge in [-0.2, -0.15) is 0 Å². The molecule has 3 aliphatic heterocycles. The maximum absolute atomic E-state index is 14.1. The fourth-order valence-corrected chi connectivity index (χ4v) is 14.4. The second-order valence-electron chi connectivity index (χ2n) is 26.4. The minimum absolute atomic E-state index is 0.000273. The zero-order chi connectivity index (χ0) is 72.2. The smallest absolute Gasteiger partial charge is 0.303 e. The second-order valence-corrected chi connectivity index (χ2v) is 27.6. The zero-order valence-electron chi connectivity index (χ0n) is 59.5. The van der Waals surface area contributed by atoms with E-state index in [0.717, 1.165) is 55.0 Å². The highest BCUT2D eigenvalue weighted by Crippen LogP contribution is 2.43. The molecule has 0 N–H and O–H groups in total. The number of esters is 1. The van der Waals surface area contributed by atoms with E-state index >= 15 is 0 Å². The third kappa shape index (κ3) is 22.3. The van der Waals surface area contributed by atoms with Crippen molar-refractivity contribution in [2.45, 2.75) is 163 Å². The maximum Gasteiger partial charge on any atom is 0.303 e. The molecule has 10 aromatic carbocycles. The van der Waals surface area contributed by atoms with E-state index in [9.17, 15) is 4.79 Å². The third-order valence-corrected chi connectivity index (χ3v) is 19.7. The van der Waals surface area contributed by atoms with Crippen molar-refractivity contribution in [3.05, 3.63) is 353 Å². The molecule has 106 heavy (non-hydrogen) atoms. The molecule has 10 aromatic rings. The summed E-state index contributed by atoms with van der Waals surface area (Å²) in [4.78, 5) is 15.0. The third-order valence-electron chi connectivity index (χ3n) is 18.5. The molecule has 3 aliphatic rings. The van der Waals surface area contributed by atoms with Crippen molar-refractivity contribution >= 4 is 17.7 Å². The summed E-state index contributed by atoms with van der Waals surface area (Å²) < 4.78 is 109. The molecule has 3 saturated heterocycles. The summed E-state index contributed by atoms with van der Waals surface area (Å²) in [5.41, 5.74) is 7.43. The van der Waals surface area contributed by atoms with Crippen LogP contribution in [0.3, 0.4) is 0 Å². The molecule has 550 valence electrons. The van der Waals surface area contributed by atoms with Crippen LogP contribution < -0.4 is 0 Å². The van der Waals surface area contributed by atoms with Gasteiger partial charge in [-0.05, 0) is 62.2 Å². The summed E-state index contributed by atoms with van der Waals surface area (Å²) in [6.07, 6.45) is -15.1. The first-order chi connectivity index (χ1) is 52.4. The molecule has 3 heterocycles. The Labute approximate surface area is 625 Å². The lowest BCUT2D eigenvalue weighted by Crippen LogP contribution is -2.68. The number of thioether (sulfide) groups is 1. The standard InChI is InChI=1S/C89H92O16S/c1-64(90)100-84-81(97-58-71-44-24-8-25-45-71)78(94-55-68-38-18-5-19-39-68)75(61-91-52-65-32-12-2-13-33-65)101-87(84)104-85-82(98-59-72-46-26-9-27-47-72)79(95-56-69-40-20-6-21-41-69)76(62-92-53-66-34-14-3-15-35-66)102-88(85)105-86-83(99-60-73-48-28-10-29-49-73)80(96-57-70-42-22-7-23-43-70)77(63-93-54-67-36-16-4-17-37-67)103-89(86)106-74-50-30-11-31-51-74/h2-51,75-89H,52-63H2,1H3/t75-,76-,77-,78-,79-,80-,81+,82+,83+,84-,85+,86+,87+,88+,89-/m1/s1. The maximum atomic E-state index is 14.1. The van der Waals surface area contributed by atoms with Crippen molar-refractivity contribution in [2.75, 3.05) is 19.8 Å². The molecule has 0 unspecified atom stereocenters. The molecule has 3 fully saturated rings. The average Bonchev–Trinajstić information content (AvgIpc) is 0.760. The van der Waals surface area contributed by atoms with E-state index in [-0.39, 0.29) is 72.7 Å². The minimum Gasteiger partial charge on any atom is -0.454 e. The SMILES string of the molecule is CC(=O)O[C@H]1[C@H](O[C@@H]2[C@H](O[C@H]3[C@@H](OCc4ccccc4)[C@H](OCc4ccccc4)[C@@H](COCc4ccccc4)O[C@@H]3Sc3ccccc3)O[C@H](COCc3ccccc3)[C@@H](OCc3ccccc3)[C@@H]2OCc2ccccc2)O[C@H](COCc2ccccc2)[C@@H](OCc2ccccc2)[C@@H]1OCc1ccccc1. The van der Waals surface area contributed by atoms with E-state index in [1.165, 1.54) is 18.7 Å². The molecule has 0 spiro atoms. The molecule has 0 bridgehead atoms. The summed E-state index contributed by atoms with van der Waals surface area (Å²) in [5, 5.41) is 0. The Morgan fingerprint density at radius 1 is 0.274 bits per heavy atom. The number of benzene rings is 10. The van der Waals surface area contributed by atoms with Crippen LogP contribution in [0.25, 0.3) is 0 Å². The predicted molar refractivity (Wildman–Crippen MR) is 402 cm³/mol. The van der Waals surface area contributed by atoms with Gasteiger partial charge in [0.25, 0.3) is 0 Å². The molecule has 16 nitrogen and oxygen atoms in total. The lowest BCUT2D eigenvalue weighted by atomic mass is 9.95. The summed E-state index contributed by atoms with van der Waals surface area (Å²) in [5.74, 6) is -0.622. The van der Waals surface area contributed by atoms with Gasteiger partial charge in [0.15, 0.2) is 18.7 Å². The van der Waals surface area contributed by atoms with Crippen LogP contribution >= 0.6 is 11.8 Å². The second kappa shape index (κ2) is 40.4. The van der Waals surface area contributed by atoms with Gasteiger partial charge < -0.3 is 71.1 Å². The number of hydrogen-bond donors (Lipinski definition) is 0. The summed E-state index contributed by atoms with van der Waals surface area (Å²) in [6, 6.07) is 99.5. The molecular weight excluding hydrogens is 1360 g/mol. The summed E-state index contributed by atoms with van der Waals surface area (Å²) >= 11 is 1.48. The van der Waals surface area contributed by atoms with Crippen LogP contribution in [0.2, 0.25) is 0 Å².